The number of ether oxygens (including phenoxy) is 2. The van der Waals surface area contributed by atoms with E-state index in [0.717, 1.165) is 32.5 Å². The Hall–Kier alpha value is -1.54. The summed E-state index contributed by atoms with van der Waals surface area (Å²) in [6.07, 6.45) is 1.57. The second-order valence-electron chi connectivity index (χ2n) is 6.09. The van der Waals surface area contributed by atoms with Gasteiger partial charge in [-0.2, -0.15) is 0 Å². The van der Waals surface area contributed by atoms with E-state index in [9.17, 15) is 4.79 Å². The molecular weight excluding hydrogens is 298 g/mol. The van der Waals surface area contributed by atoms with Crippen LogP contribution in [0.4, 0.5) is 4.79 Å². The van der Waals surface area contributed by atoms with Gasteiger partial charge >= 0.3 is 6.09 Å². The largest absolute Gasteiger partial charge is 0.450 e. The molecule has 0 aromatic rings. The highest BCUT2D eigenvalue weighted by molar-refractivity contribution is 5.78. The topological polar surface area (TPSA) is 92.4 Å². The number of rotatable bonds is 4. The number of amides is 1. The van der Waals surface area contributed by atoms with Gasteiger partial charge in [0.25, 0.3) is 0 Å². The second-order valence-corrected chi connectivity index (χ2v) is 6.09. The van der Waals surface area contributed by atoms with Crippen molar-refractivity contribution in [1.82, 2.24) is 15.1 Å². The lowest BCUT2D eigenvalue weighted by atomic mass is 10.1. The summed E-state index contributed by atoms with van der Waals surface area (Å²) in [6, 6.07) is 0.249. The van der Waals surface area contributed by atoms with Gasteiger partial charge in [-0.05, 0) is 26.8 Å². The van der Waals surface area contributed by atoms with E-state index in [4.69, 9.17) is 15.2 Å². The Morgan fingerprint density at radius 1 is 1.39 bits per heavy atom. The van der Waals surface area contributed by atoms with Crippen molar-refractivity contribution in [2.24, 2.45) is 10.7 Å². The smallest absolute Gasteiger partial charge is 0.409 e. The first-order valence-electron chi connectivity index (χ1n) is 8.36. The minimum Gasteiger partial charge on any atom is -0.450 e. The number of aliphatic imine (C=N–C) groups is 1. The van der Waals surface area contributed by atoms with Crippen molar-refractivity contribution in [3.8, 4) is 0 Å². The zero-order valence-electron chi connectivity index (χ0n) is 14.2. The molecule has 0 bridgehead atoms. The Morgan fingerprint density at radius 3 is 2.78 bits per heavy atom. The number of carbonyl (C=O) groups is 1. The van der Waals surface area contributed by atoms with E-state index in [1.54, 1.807) is 4.90 Å². The van der Waals surface area contributed by atoms with Crippen LogP contribution in [-0.2, 0) is 9.47 Å². The fourth-order valence-electron chi connectivity index (χ4n) is 2.85. The molecule has 0 saturated carbocycles. The second kappa shape index (κ2) is 8.93. The SMILES string of the molecule is CCOC(=O)N1CCC(NC(N)=NCC2CN(C)CCO2)CC1. The molecule has 2 heterocycles. The molecule has 0 aromatic carbocycles. The number of nitrogens with one attached hydrogen (secondary N) is 1. The van der Waals surface area contributed by atoms with Crippen LogP contribution in [0.5, 0.6) is 0 Å². The van der Waals surface area contributed by atoms with Gasteiger partial charge in [0, 0.05) is 32.2 Å². The minimum absolute atomic E-state index is 0.111. The Kier molecular flexibility index (Phi) is 6.91. The Balaban J connectivity index is 1.68. The molecule has 1 unspecified atom stereocenters. The lowest BCUT2D eigenvalue weighted by molar-refractivity contribution is -0.0136. The fraction of sp³-hybridized carbons (Fsp3) is 0.867. The Bertz CT molecular complexity index is 410. The number of nitrogens with two attached hydrogens (primary N) is 1. The highest BCUT2D eigenvalue weighted by Crippen LogP contribution is 2.11. The maximum atomic E-state index is 11.6. The zero-order valence-corrected chi connectivity index (χ0v) is 14.2. The van der Waals surface area contributed by atoms with E-state index in [-0.39, 0.29) is 18.2 Å². The van der Waals surface area contributed by atoms with Gasteiger partial charge in [0.2, 0.25) is 0 Å². The standard InChI is InChI=1S/C15H29N5O3/c1-3-22-15(21)20-6-4-12(5-7-20)18-14(16)17-10-13-11-19(2)8-9-23-13/h12-13H,3-11H2,1-2H3,(H3,16,17,18). The number of piperidine rings is 1. The van der Waals surface area contributed by atoms with Crippen molar-refractivity contribution in [2.75, 3.05) is 53.0 Å². The molecule has 0 aliphatic carbocycles. The van der Waals surface area contributed by atoms with Crippen LogP contribution in [0.15, 0.2) is 4.99 Å². The monoisotopic (exact) mass is 327 g/mol. The van der Waals surface area contributed by atoms with Crippen molar-refractivity contribution >= 4 is 12.1 Å². The number of likely N-dealkylation sites (N-methyl/N-ethyl adjacent to an activating group) is 1. The number of morpholine rings is 1. The lowest BCUT2D eigenvalue weighted by Gasteiger charge is -2.32. The average Bonchev–Trinajstić information content (AvgIpc) is 2.54. The van der Waals surface area contributed by atoms with Crippen LogP contribution in [0.2, 0.25) is 0 Å². The molecule has 2 fully saturated rings. The third-order valence-corrected chi connectivity index (χ3v) is 4.18. The van der Waals surface area contributed by atoms with Gasteiger partial charge < -0.3 is 30.3 Å². The molecule has 2 aliphatic heterocycles. The number of hydrogen-bond donors (Lipinski definition) is 2. The van der Waals surface area contributed by atoms with Crippen LogP contribution in [0.25, 0.3) is 0 Å². The molecule has 3 N–H and O–H groups in total. The van der Waals surface area contributed by atoms with Crippen LogP contribution in [0.3, 0.4) is 0 Å². The van der Waals surface area contributed by atoms with Gasteiger partial charge in [-0.3, -0.25) is 4.99 Å². The first-order chi connectivity index (χ1) is 11.1. The molecule has 8 nitrogen and oxygen atoms in total. The molecule has 8 heteroatoms. The van der Waals surface area contributed by atoms with E-state index in [2.05, 4.69) is 22.3 Å². The fourth-order valence-corrected chi connectivity index (χ4v) is 2.85. The average molecular weight is 327 g/mol. The third-order valence-electron chi connectivity index (χ3n) is 4.18. The Morgan fingerprint density at radius 2 is 2.13 bits per heavy atom. The molecule has 0 spiro atoms. The van der Waals surface area contributed by atoms with Crippen LogP contribution in [-0.4, -0.2) is 87.0 Å². The van der Waals surface area contributed by atoms with E-state index in [0.29, 0.717) is 32.2 Å². The first-order valence-corrected chi connectivity index (χ1v) is 8.36. The molecule has 2 aliphatic rings. The molecule has 0 aromatic heterocycles. The highest BCUT2D eigenvalue weighted by atomic mass is 16.6. The van der Waals surface area contributed by atoms with E-state index in [1.165, 1.54) is 0 Å². The molecule has 1 atom stereocenters. The Labute approximate surface area is 138 Å². The van der Waals surface area contributed by atoms with Gasteiger partial charge in [-0.1, -0.05) is 0 Å². The minimum atomic E-state index is -0.230. The van der Waals surface area contributed by atoms with Gasteiger partial charge in [0.1, 0.15) is 0 Å². The van der Waals surface area contributed by atoms with Crippen molar-refractivity contribution < 1.29 is 14.3 Å². The summed E-state index contributed by atoms with van der Waals surface area (Å²) in [5.74, 6) is 0.455. The van der Waals surface area contributed by atoms with Gasteiger partial charge in [0.15, 0.2) is 5.96 Å². The summed E-state index contributed by atoms with van der Waals surface area (Å²) in [7, 11) is 2.08. The molecule has 2 saturated heterocycles. The van der Waals surface area contributed by atoms with E-state index < -0.39 is 0 Å². The van der Waals surface area contributed by atoms with E-state index >= 15 is 0 Å². The number of guanidine groups is 1. The molecule has 23 heavy (non-hydrogen) atoms. The molecule has 0 radical (unpaired) electrons. The van der Waals surface area contributed by atoms with Crippen molar-refractivity contribution in [2.45, 2.75) is 31.9 Å². The lowest BCUT2D eigenvalue weighted by Crippen LogP contribution is -2.49. The maximum Gasteiger partial charge on any atom is 0.409 e. The molecule has 132 valence electrons. The normalized spacial score (nSPS) is 24.5. The molecular formula is C15H29N5O3. The zero-order chi connectivity index (χ0) is 16.7. The van der Waals surface area contributed by atoms with Crippen molar-refractivity contribution in [3.05, 3.63) is 0 Å². The number of carbonyl (C=O) groups excluding carboxylic acids is 1. The first kappa shape index (κ1) is 17.8. The van der Waals surface area contributed by atoms with Crippen LogP contribution in [0, 0.1) is 0 Å². The van der Waals surface area contributed by atoms with Crippen LogP contribution < -0.4 is 11.1 Å². The maximum absolute atomic E-state index is 11.6. The van der Waals surface area contributed by atoms with Crippen LogP contribution in [0.1, 0.15) is 19.8 Å². The quantitative estimate of drug-likeness (QED) is 0.551. The molecule has 2 rings (SSSR count). The highest BCUT2D eigenvalue weighted by Gasteiger charge is 2.24. The summed E-state index contributed by atoms with van der Waals surface area (Å²) < 4.78 is 10.7. The summed E-state index contributed by atoms with van der Waals surface area (Å²) in [6.45, 7) is 6.76. The third kappa shape index (κ3) is 5.87. The van der Waals surface area contributed by atoms with Gasteiger partial charge in [0.05, 0.1) is 25.9 Å². The summed E-state index contributed by atoms with van der Waals surface area (Å²) >= 11 is 0. The summed E-state index contributed by atoms with van der Waals surface area (Å²) in [5.41, 5.74) is 5.96. The van der Waals surface area contributed by atoms with Crippen molar-refractivity contribution in [1.29, 1.82) is 0 Å². The number of hydrogen-bond acceptors (Lipinski definition) is 5. The predicted molar refractivity (Wildman–Crippen MR) is 88.5 cm³/mol. The molecule has 1 amide bonds. The summed E-state index contributed by atoms with van der Waals surface area (Å²) in [4.78, 5) is 20.0. The van der Waals surface area contributed by atoms with Gasteiger partial charge in [-0.25, -0.2) is 4.79 Å². The predicted octanol–water partition coefficient (Wildman–Crippen LogP) is -0.158. The number of likely N-dealkylation sites (tertiary alicyclic amines) is 1. The van der Waals surface area contributed by atoms with Gasteiger partial charge in [-0.15, -0.1) is 0 Å². The number of nitrogens with zero attached hydrogens (tertiary/aromatic N) is 3. The summed E-state index contributed by atoms with van der Waals surface area (Å²) in [5, 5.41) is 3.24. The van der Waals surface area contributed by atoms with E-state index in [1.807, 2.05) is 6.92 Å². The van der Waals surface area contributed by atoms with Crippen LogP contribution >= 0.6 is 0 Å². The van der Waals surface area contributed by atoms with Crippen molar-refractivity contribution in [3.63, 3.8) is 0 Å².